The van der Waals surface area contributed by atoms with Gasteiger partial charge in [0, 0.05) is 12.8 Å². The summed E-state index contributed by atoms with van der Waals surface area (Å²) < 4.78 is 0. The van der Waals surface area contributed by atoms with Crippen LogP contribution in [0.4, 0.5) is 0 Å². The summed E-state index contributed by atoms with van der Waals surface area (Å²) in [7, 11) is 0. The van der Waals surface area contributed by atoms with Crippen molar-refractivity contribution >= 4 is 11.6 Å². The normalized spacial score (nSPS) is 39.3. The molecule has 0 aliphatic heterocycles. The molecule has 0 saturated heterocycles. The highest BCUT2D eigenvalue weighted by atomic mass is 16.3. The molecule has 4 heteroatoms. The molecular weight excluding hydrogens is 244 g/mol. The number of carbonyl (C=O) groups excluding carboxylic acids is 2. The monoisotopic (exact) mass is 266 g/mol. The van der Waals surface area contributed by atoms with Gasteiger partial charge in [-0.3, -0.25) is 9.59 Å². The average Bonchev–Trinajstić information content (AvgIpc) is 2.52. The van der Waals surface area contributed by atoms with Crippen molar-refractivity contribution in [3.05, 3.63) is 11.6 Å². The van der Waals surface area contributed by atoms with E-state index in [1.165, 1.54) is 0 Å². The van der Waals surface area contributed by atoms with Gasteiger partial charge in [-0.2, -0.15) is 0 Å². The lowest BCUT2D eigenvalue weighted by molar-refractivity contribution is -0.139. The minimum Gasteiger partial charge on any atom is -0.393 e. The van der Waals surface area contributed by atoms with Crippen molar-refractivity contribution in [2.75, 3.05) is 6.61 Å². The fraction of sp³-hybridized carbons (Fsp3) is 0.733. The van der Waals surface area contributed by atoms with Gasteiger partial charge < -0.3 is 10.2 Å². The third-order valence-corrected chi connectivity index (χ3v) is 4.55. The van der Waals surface area contributed by atoms with Gasteiger partial charge in [0.15, 0.2) is 5.78 Å². The molecule has 4 nitrogen and oxygen atoms in total. The van der Waals surface area contributed by atoms with Crippen molar-refractivity contribution < 1.29 is 19.8 Å². The van der Waals surface area contributed by atoms with E-state index in [2.05, 4.69) is 0 Å². The van der Waals surface area contributed by atoms with Crippen LogP contribution in [0.25, 0.3) is 0 Å². The van der Waals surface area contributed by atoms with Gasteiger partial charge in [0.25, 0.3) is 0 Å². The Morgan fingerprint density at radius 3 is 2.58 bits per heavy atom. The Balaban J connectivity index is 2.51. The fourth-order valence-electron chi connectivity index (χ4n) is 3.50. The van der Waals surface area contributed by atoms with Crippen LogP contribution in [0.15, 0.2) is 11.6 Å². The maximum absolute atomic E-state index is 12.2. The summed E-state index contributed by atoms with van der Waals surface area (Å²) in [6.07, 6.45) is 2.13. The Labute approximate surface area is 113 Å². The van der Waals surface area contributed by atoms with Gasteiger partial charge in [0.1, 0.15) is 11.4 Å². The van der Waals surface area contributed by atoms with Gasteiger partial charge in [0.2, 0.25) is 0 Å². The van der Waals surface area contributed by atoms with Crippen LogP contribution in [-0.2, 0) is 9.59 Å². The molecule has 0 amide bonds. The van der Waals surface area contributed by atoms with E-state index in [4.69, 9.17) is 0 Å². The summed E-state index contributed by atoms with van der Waals surface area (Å²) in [6, 6.07) is 0. The molecule has 2 N–H and O–H groups in total. The highest BCUT2D eigenvalue weighted by molar-refractivity contribution is 5.98. The van der Waals surface area contributed by atoms with E-state index in [-0.39, 0.29) is 35.7 Å². The van der Waals surface area contributed by atoms with Crippen molar-refractivity contribution in [2.45, 2.75) is 39.2 Å². The number of rotatable bonds is 2. The summed E-state index contributed by atoms with van der Waals surface area (Å²) >= 11 is 0. The maximum Gasteiger partial charge on any atom is 0.161 e. The summed E-state index contributed by atoms with van der Waals surface area (Å²) in [6.45, 7) is 5.29. The quantitative estimate of drug-likeness (QED) is 0.785. The van der Waals surface area contributed by atoms with Crippen LogP contribution < -0.4 is 0 Å². The molecule has 0 radical (unpaired) electrons. The first kappa shape index (κ1) is 14.4. The van der Waals surface area contributed by atoms with Crippen molar-refractivity contribution in [1.29, 1.82) is 0 Å². The summed E-state index contributed by atoms with van der Waals surface area (Å²) in [4.78, 5) is 24.3. The van der Waals surface area contributed by atoms with Gasteiger partial charge in [-0.15, -0.1) is 0 Å². The first-order chi connectivity index (χ1) is 8.80. The number of allylic oxidation sites excluding steroid dienone is 2. The Kier molecular flexibility index (Phi) is 3.67. The molecule has 0 aromatic carbocycles. The van der Waals surface area contributed by atoms with E-state index < -0.39 is 18.1 Å². The largest absolute Gasteiger partial charge is 0.393 e. The van der Waals surface area contributed by atoms with Gasteiger partial charge >= 0.3 is 0 Å². The zero-order chi connectivity index (χ0) is 14.4. The molecular formula is C15H22O4. The van der Waals surface area contributed by atoms with Gasteiger partial charge in [-0.05, 0) is 23.3 Å². The second-order valence-corrected chi connectivity index (χ2v) is 6.34. The van der Waals surface area contributed by atoms with Gasteiger partial charge in [0.05, 0.1) is 12.5 Å². The lowest BCUT2D eigenvalue weighted by Gasteiger charge is -2.32. The van der Waals surface area contributed by atoms with Crippen LogP contribution in [0, 0.1) is 23.7 Å². The van der Waals surface area contributed by atoms with E-state index in [0.717, 1.165) is 0 Å². The number of aliphatic hydroxyl groups excluding tert-OH is 1. The molecule has 0 heterocycles. The molecule has 4 unspecified atom stereocenters. The van der Waals surface area contributed by atoms with Crippen molar-refractivity contribution in [1.82, 2.24) is 0 Å². The van der Waals surface area contributed by atoms with E-state index >= 15 is 0 Å². The Hall–Kier alpha value is -1.00. The van der Waals surface area contributed by atoms with Crippen molar-refractivity contribution in [2.24, 2.45) is 23.7 Å². The first-order valence-corrected chi connectivity index (χ1v) is 6.91. The van der Waals surface area contributed by atoms with E-state index in [1.54, 1.807) is 0 Å². The van der Waals surface area contributed by atoms with Gasteiger partial charge in [-0.1, -0.05) is 26.8 Å². The lowest BCUT2D eigenvalue weighted by atomic mass is 9.77. The number of ketones is 2. The molecule has 1 saturated carbocycles. The van der Waals surface area contributed by atoms with Crippen LogP contribution >= 0.6 is 0 Å². The number of fused-ring (bicyclic) bond motifs is 1. The zero-order valence-corrected chi connectivity index (χ0v) is 11.7. The molecule has 2 rings (SSSR count). The lowest BCUT2D eigenvalue weighted by Crippen LogP contribution is -2.47. The minimum atomic E-state index is -1.60. The second-order valence-electron chi connectivity index (χ2n) is 6.34. The van der Waals surface area contributed by atoms with Crippen LogP contribution in [-0.4, -0.2) is 34.0 Å². The molecule has 19 heavy (non-hydrogen) atoms. The smallest absolute Gasteiger partial charge is 0.161 e. The number of aliphatic hydroxyl groups is 2. The van der Waals surface area contributed by atoms with Crippen molar-refractivity contribution in [3.8, 4) is 0 Å². The molecule has 2 aliphatic rings. The number of Topliss-reactive ketones (excluding diaryl/α,β-unsaturated/α-hetero) is 2. The Morgan fingerprint density at radius 1 is 1.42 bits per heavy atom. The van der Waals surface area contributed by atoms with Crippen LogP contribution in [0.1, 0.15) is 33.6 Å². The average molecular weight is 266 g/mol. The predicted molar refractivity (Wildman–Crippen MR) is 70.3 cm³/mol. The molecule has 0 aromatic rings. The van der Waals surface area contributed by atoms with Gasteiger partial charge in [-0.25, -0.2) is 0 Å². The standard InChI is InChI=1S/C15H22O4/c1-8(2)10-5-11-9(3)4-12(17)14(11)15(19,7-16)6-13(10)18/h5,8-9,11,14,16,19H,4,6-7H2,1-3H3. The number of hydrogen-bond donors (Lipinski definition) is 2. The predicted octanol–water partition coefficient (Wildman–Crippen LogP) is 1.11. The molecule has 4 atom stereocenters. The van der Waals surface area contributed by atoms with Crippen LogP contribution in [0.5, 0.6) is 0 Å². The van der Waals surface area contributed by atoms with Crippen molar-refractivity contribution in [3.63, 3.8) is 0 Å². The third-order valence-electron chi connectivity index (χ3n) is 4.55. The number of carbonyl (C=O) groups is 2. The first-order valence-electron chi connectivity index (χ1n) is 6.91. The molecule has 106 valence electrons. The molecule has 0 aromatic heterocycles. The SMILES string of the molecule is CC(C)C1=CC2C(C)CC(=O)C2C(O)(CO)CC1=O. The minimum absolute atomic E-state index is 0.0388. The molecule has 0 spiro atoms. The van der Waals surface area contributed by atoms with E-state index in [0.29, 0.717) is 12.0 Å². The zero-order valence-electron chi connectivity index (χ0n) is 11.7. The number of hydrogen-bond acceptors (Lipinski definition) is 4. The van der Waals surface area contributed by atoms with E-state index in [9.17, 15) is 19.8 Å². The summed E-state index contributed by atoms with van der Waals surface area (Å²) in [5, 5.41) is 20.1. The molecule has 1 fully saturated rings. The maximum atomic E-state index is 12.2. The molecule has 2 aliphatic carbocycles. The van der Waals surface area contributed by atoms with Crippen LogP contribution in [0.3, 0.4) is 0 Å². The van der Waals surface area contributed by atoms with E-state index in [1.807, 2.05) is 26.8 Å². The second kappa shape index (κ2) is 4.84. The molecule has 0 bridgehead atoms. The summed E-state index contributed by atoms with van der Waals surface area (Å²) in [5.41, 5.74) is -0.919. The Morgan fingerprint density at radius 2 is 2.05 bits per heavy atom. The topological polar surface area (TPSA) is 74.6 Å². The summed E-state index contributed by atoms with van der Waals surface area (Å²) in [5.74, 6) is -0.808. The highest BCUT2D eigenvalue weighted by Gasteiger charge is 2.53. The third kappa shape index (κ3) is 2.28. The van der Waals surface area contributed by atoms with Crippen LogP contribution in [0.2, 0.25) is 0 Å². The fourth-order valence-corrected chi connectivity index (χ4v) is 3.50. The highest BCUT2D eigenvalue weighted by Crippen LogP contribution is 2.46. The Bertz CT molecular complexity index is 437.